The minimum absolute atomic E-state index is 0.0151. The van der Waals surface area contributed by atoms with Crippen molar-refractivity contribution in [2.45, 2.75) is 11.3 Å². The smallest absolute Gasteiger partial charge is 0.263 e. The Balaban J connectivity index is 1.46. The number of carbonyl (C=O) groups excluding carboxylic acids is 1. The van der Waals surface area contributed by atoms with Gasteiger partial charge in [0, 0.05) is 21.8 Å². The zero-order chi connectivity index (χ0) is 21.1. The van der Waals surface area contributed by atoms with Gasteiger partial charge < -0.3 is 10.4 Å². The molecule has 0 fully saturated rings. The summed E-state index contributed by atoms with van der Waals surface area (Å²) in [6, 6.07) is 18.4. The van der Waals surface area contributed by atoms with Crippen LogP contribution < -0.4 is 10.0 Å². The van der Waals surface area contributed by atoms with Gasteiger partial charge in [-0.05, 0) is 24.3 Å². The van der Waals surface area contributed by atoms with Gasteiger partial charge in [0.2, 0.25) is 5.91 Å². The number of benzene rings is 3. The van der Waals surface area contributed by atoms with E-state index in [1.54, 1.807) is 53.9 Å². The lowest BCUT2D eigenvalue weighted by molar-refractivity contribution is -0.115. The molecule has 0 aliphatic carbocycles. The maximum Gasteiger partial charge on any atom is 0.263 e. The van der Waals surface area contributed by atoms with Crippen LogP contribution in [0.4, 0.5) is 10.8 Å². The molecule has 1 aromatic heterocycles. The van der Waals surface area contributed by atoms with Gasteiger partial charge in [-0.1, -0.05) is 42.5 Å². The lowest BCUT2D eigenvalue weighted by Crippen LogP contribution is -2.15. The van der Waals surface area contributed by atoms with Crippen LogP contribution in [0.2, 0.25) is 0 Å². The number of fused-ring (bicyclic) bond motifs is 1. The van der Waals surface area contributed by atoms with Crippen LogP contribution in [0.1, 0.15) is 5.69 Å². The number of phenolic OH excluding ortho intramolecular Hbond substituents is 1. The fraction of sp³-hybridized carbons (Fsp3) is 0.0476. The Labute approximate surface area is 177 Å². The van der Waals surface area contributed by atoms with Crippen LogP contribution in [0.15, 0.2) is 77.0 Å². The number of amides is 1. The van der Waals surface area contributed by atoms with Gasteiger partial charge in [-0.2, -0.15) is 0 Å². The molecule has 0 saturated carbocycles. The van der Waals surface area contributed by atoms with E-state index in [-0.39, 0.29) is 28.1 Å². The van der Waals surface area contributed by atoms with Crippen LogP contribution >= 0.6 is 11.3 Å². The second kappa shape index (κ2) is 8.13. The number of anilines is 2. The fourth-order valence-corrected chi connectivity index (χ4v) is 4.95. The van der Waals surface area contributed by atoms with E-state index in [1.807, 2.05) is 6.07 Å². The van der Waals surface area contributed by atoms with Crippen LogP contribution in [0.5, 0.6) is 5.75 Å². The van der Waals surface area contributed by atoms with Crippen molar-refractivity contribution in [3.63, 3.8) is 0 Å². The molecule has 0 aliphatic rings. The highest BCUT2D eigenvalue weighted by atomic mass is 32.2. The molecule has 9 heteroatoms. The summed E-state index contributed by atoms with van der Waals surface area (Å²) in [5.74, 6) is -0.160. The number of hydrogen-bond acceptors (Lipinski definition) is 6. The van der Waals surface area contributed by atoms with E-state index in [1.165, 1.54) is 12.1 Å². The highest BCUT2D eigenvalue weighted by Gasteiger charge is 2.16. The number of nitrogens with one attached hydrogen (secondary N) is 2. The van der Waals surface area contributed by atoms with Gasteiger partial charge in [0.1, 0.15) is 5.75 Å². The monoisotopic (exact) mass is 439 g/mol. The van der Waals surface area contributed by atoms with E-state index in [9.17, 15) is 18.3 Å². The Hall–Kier alpha value is -3.43. The minimum Gasteiger partial charge on any atom is -0.507 e. The summed E-state index contributed by atoms with van der Waals surface area (Å²) < 4.78 is 27.2. The Morgan fingerprint density at radius 2 is 1.70 bits per heavy atom. The van der Waals surface area contributed by atoms with Crippen molar-refractivity contribution < 1.29 is 18.3 Å². The van der Waals surface area contributed by atoms with Crippen molar-refractivity contribution >= 4 is 48.9 Å². The SMILES string of the molecule is O=C(Cc1csc(NS(=O)(=O)c2ccccc2)n1)Nc1cccc2c(O)cccc12. The summed E-state index contributed by atoms with van der Waals surface area (Å²) >= 11 is 1.11. The van der Waals surface area contributed by atoms with Crippen molar-refractivity contribution in [1.29, 1.82) is 0 Å². The number of nitrogens with zero attached hydrogens (tertiary/aromatic N) is 1. The summed E-state index contributed by atoms with van der Waals surface area (Å²) in [6.45, 7) is 0. The van der Waals surface area contributed by atoms with Crippen molar-refractivity contribution in [3.05, 3.63) is 77.8 Å². The van der Waals surface area contributed by atoms with Gasteiger partial charge in [-0.25, -0.2) is 13.4 Å². The number of hydrogen-bond donors (Lipinski definition) is 3. The fourth-order valence-electron chi connectivity index (χ4n) is 2.97. The third-order valence-corrected chi connectivity index (χ3v) is 6.63. The van der Waals surface area contributed by atoms with Gasteiger partial charge >= 0.3 is 0 Å². The Bertz CT molecular complexity index is 1320. The molecule has 4 rings (SSSR count). The predicted octanol–water partition coefficient (Wildman–Crippen LogP) is 3.98. The lowest BCUT2D eigenvalue weighted by atomic mass is 10.1. The van der Waals surface area contributed by atoms with Crippen molar-refractivity contribution in [3.8, 4) is 5.75 Å². The van der Waals surface area contributed by atoms with Gasteiger partial charge in [0.05, 0.1) is 17.0 Å². The average molecular weight is 440 g/mol. The van der Waals surface area contributed by atoms with Crippen LogP contribution in [-0.4, -0.2) is 24.4 Å². The third-order valence-electron chi connectivity index (χ3n) is 4.34. The largest absolute Gasteiger partial charge is 0.507 e. The Kier molecular flexibility index (Phi) is 5.39. The minimum atomic E-state index is -3.73. The van der Waals surface area contributed by atoms with E-state index in [0.29, 0.717) is 16.8 Å². The lowest BCUT2D eigenvalue weighted by Gasteiger charge is -2.09. The molecule has 0 spiro atoms. The second-order valence-corrected chi connectivity index (χ2v) is 9.01. The van der Waals surface area contributed by atoms with Crippen LogP contribution in [0.3, 0.4) is 0 Å². The quantitative estimate of drug-likeness (QED) is 0.421. The van der Waals surface area contributed by atoms with Crippen LogP contribution in [-0.2, 0) is 21.2 Å². The Morgan fingerprint density at radius 3 is 2.50 bits per heavy atom. The molecule has 1 heterocycles. The molecule has 3 N–H and O–H groups in total. The molecule has 1 amide bonds. The van der Waals surface area contributed by atoms with Crippen molar-refractivity contribution in [1.82, 2.24) is 4.98 Å². The normalized spacial score (nSPS) is 11.3. The average Bonchev–Trinajstić information content (AvgIpc) is 3.15. The molecule has 7 nitrogen and oxygen atoms in total. The van der Waals surface area contributed by atoms with E-state index in [4.69, 9.17) is 0 Å². The van der Waals surface area contributed by atoms with Crippen molar-refractivity contribution in [2.24, 2.45) is 0 Å². The molecular formula is C21H17N3O4S2. The van der Waals surface area contributed by atoms with Crippen LogP contribution in [0.25, 0.3) is 10.8 Å². The van der Waals surface area contributed by atoms with E-state index < -0.39 is 10.0 Å². The highest BCUT2D eigenvalue weighted by molar-refractivity contribution is 7.93. The van der Waals surface area contributed by atoms with E-state index >= 15 is 0 Å². The maximum absolute atomic E-state index is 12.5. The molecule has 0 radical (unpaired) electrons. The number of thiazole rings is 1. The molecule has 152 valence electrons. The number of aromatic hydroxyl groups is 1. The summed E-state index contributed by atoms with van der Waals surface area (Å²) in [6.07, 6.45) is -0.0151. The first kappa shape index (κ1) is 19.9. The molecule has 0 atom stereocenters. The molecule has 4 aromatic rings. The first-order valence-electron chi connectivity index (χ1n) is 8.95. The zero-order valence-electron chi connectivity index (χ0n) is 15.6. The van der Waals surface area contributed by atoms with E-state index in [0.717, 1.165) is 16.7 Å². The number of phenols is 1. The standard InChI is InChI=1S/C21H17N3O4S2/c25-19-11-5-8-16-17(19)9-4-10-18(16)23-20(26)12-14-13-29-21(22-14)24-30(27,28)15-6-2-1-3-7-15/h1-11,13,25H,12H2,(H,22,24)(H,23,26). The third kappa shape index (κ3) is 4.27. The predicted molar refractivity (Wildman–Crippen MR) is 117 cm³/mol. The summed E-state index contributed by atoms with van der Waals surface area (Å²) in [5, 5.41) is 16.0. The van der Waals surface area contributed by atoms with E-state index in [2.05, 4.69) is 15.0 Å². The summed E-state index contributed by atoms with van der Waals surface area (Å²) in [5.41, 5.74) is 1.03. The number of aromatic nitrogens is 1. The molecule has 0 aliphatic heterocycles. The molecular weight excluding hydrogens is 422 g/mol. The zero-order valence-corrected chi connectivity index (χ0v) is 17.2. The molecule has 0 bridgehead atoms. The first-order chi connectivity index (χ1) is 14.4. The summed E-state index contributed by atoms with van der Waals surface area (Å²) in [4.78, 5) is 16.8. The molecule has 3 aromatic carbocycles. The van der Waals surface area contributed by atoms with Gasteiger partial charge in [-0.15, -0.1) is 11.3 Å². The maximum atomic E-state index is 12.5. The summed E-state index contributed by atoms with van der Waals surface area (Å²) in [7, 11) is -3.73. The molecule has 0 saturated heterocycles. The Morgan fingerprint density at radius 1 is 0.967 bits per heavy atom. The van der Waals surface area contributed by atoms with Crippen LogP contribution in [0, 0.1) is 0 Å². The van der Waals surface area contributed by atoms with Gasteiger partial charge in [0.15, 0.2) is 5.13 Å². The molecule has 30 heavy (non-hydrogen) atoms. The number of sulfonamides is 1. The second-order valence-electron chi connectivity index (χ2n) is 6.47. The first-order valence-corrected chi connectivity index (χ1v) is 11.3. The number of rotatable bonds is 6. The highest BCUT2D eigenvalue weighted by Crippen LogP contribution is 2.30. The van der Waals surface area contributed by atoms with Gasteiger partial charge in [0.25, 0.3) is 10.0 Å². The van der Waals surface area contributed by atoms with Crippen molar-refractivity contribution in [2.75, 3.05) is 10.0 Å². The van der Waals surface area contributed by atoms with Gasteiger partial charge in [-0.3, -0.25) is 9.52 Å². The number of carbonyl (C=O) groups is 1. The molecule has 0 unspecified atom stereocenters. The topological polar surface area (TPSA) is 108 Å².